The largest absolute Gasteiger partial charge is 0.314 e. The molecular weight excluding hydrogens is 343 g/mol. The summed E-state index contributed by atoms with van der Waals surface area (Å²) < 4.78 is 14.9. The van der Waals surface area contributed by atoms with E-state index in [1.165, 1.54) is 0 Å². The molecule has 0 saturated carbocycles. The lowest BCUT2D eigenvalue weighted by molar-refractivity contribution is 0.151. The van der Waals surface area contributed by atoms with E-state index in [4.69, 9.17) is 0 Å². The van der Waals surface area contributed by atoms with Gasteiger partial charge in [-0.25, -0.2) is 4.39 Å². The van der Waals surface area contributed by atoms with Crippen molar-refractivity contribution in [3.8, 4) is 0 Å². The summed E-state index contributed by atoms with van der Waals surface area (Å²) in [5, 5.41) is 3.36. The molecular formula is C15H23BrClFN2. The first-order valence-electron chi connectivity index (χ1n) is 6.98. The molecule has 114 valence electrons. The van der Waals surface area contributed by atoms with Crippen molar-refractivity contribution in [2.45, 2.75) is 26.3 Å². The lowest BCUT2D eigenvalue weighted by Crippen LogP contribution is -2.45. The SMILES string of the molecule is CC(C)C[C@@H](c1cccc(Br)c1F)N1CCNCC1.Cl. The lowest BCUT2D eigenvalue weighted by atomic mass is 9.94. The first-order chi connectivity index (χ1) is 9.09. The number of hydrogen-bond acceptors (Lipinski definition) is 2. The van der Waals surface area contributed by atoms with Gasteiger partial charge in [0, 0.05) is 37.8 Å². The number of hydrogen-bond donors (Lipinski definition) is 1. The molecule has 2 nitrogen and oxygen atoms in total. The molecule has 1 heterocycles. The summed E-state index contributed by atoms with van der Waals surface area (Å²) in [5.74, 6) is 0.449. The number of piperazine rings is 1. The zero-order valence-corrected chi connectivity index (χ0v) is 14.4. The molecule has 1 atom stereocenters. The fourth-order valence-electron chi connectivity index (χ4n) is 2.69. The summed E-state index contributed by atoms with van der Waals surface area (Å²) >= 11 is 3.30. The first-order valence-corrected chi connectivity index (χ1v) is 7.77. The Morgan fingerprint density at radius 1 is 1.30 bits per heavy atom. The van der Waals surface area contributed by atoms with Gasteiger partial charge in [-0.15, -0.1) is 12.4 Å². The van der Waals surface area contributed by atoms with Crippen LogP contribution < -0.4 is 5.32 Å². The van der Waals surface area contributed by atoms with Gasteiger partial charge in [-0.1, -0.05) is 26.0 Å². The molecule has 5 heteroatoms. The fourth-order valence-corrected chi connectivity index (χ4v) is 3.07. The van der Waals surface area contributed by atoms with Gasteiger partial charge in [-0.3, -0.25) is 4.90 Å². The van der Waals surface area contributed by atoms with Gasteiger partial charge in [0.15, 0.2) is 0 Å². The molecule has 0 amide bonds. The molecule has 1 aromatic rings. The minimum absolute atomic E-state index is 0. The minimum Gasteiger partial charge on any atom is -0.314 e. The molecule has 0 unspecified atom stereocenters. The monoisotopic (exact) mass is 364 g/mol. The van der Waals surface area contributed by atoms with Crippen LogP contribution in [-0.2, 0) is 0 Å². The number of nitrogens with one attached hydrogen (secondary N) is 1. The Hall–Kier alpha value is -0.160. The molecule has 1 aliphatic heterocycles. The van der Waals surface area contributed by atoms with Crippen molar-refractivity contribution in [3.05, 3.63) is 34.1 Å². The van der Waals surface area contributed by atoms with Crippen molar-refractivity contribution in [2.75, 3.05) is 26.2 Å². The van der Waals surface area contributed by atoms with Crippen LogP contribution >= 0.6 is 28.3 Å². The summed E-state index contributed by atoms with van der Waals surface area (Å²) in [5.41, 5.74) is 0.824. The Morgan fingerprint density at radius 2 is 1.95 bits per heavy atom. The Bertz CT molecular complexity index is 422. The Morgan fingerprint density at radius 3 is 2.55 bits per heavy atom. The number of halogens is 3. The standard InChI is InChI=1S/C15H22BrFN2.ClH/c1-11(2)10-14(19-8-6-18-7-9-19)12-4-3-5-13(16)15(12)17;/h3-5,11,14,18H,6-10H2,1-2H3;1H/t14-;/m0./s1. The normalized spacial score (nSPS) is 17.9. The van der Waals surface area contributed by atoms with Crippen LogP contribution in [0.2, 0.25) is 0 Å². The highest BCUT2D eigenvalue weighted by Gasteiger charge is 2.25. The van der Waals surface area contributed by atoms with Crippen LogP contribution in [0.25, 0.3) is 0 Å². The third-order valence-electron chi connectivity index (χ3n) is 3.63. The van der Waals surface area contributed by atoms with Crippen molar-refractivity contribution in [3.63, 3.8) is 0 Å². The average Bonchev–Trinajstić information content (AvgIpc) is 2.40. The van der Waals surface area contributed by atoms with Gasteiger partial charge in [0.25, 0.3) is 0 Å². The van der Waals surface area contributed by atoms with E-state index in [1.807, 2.05) is 12.1 Å². The molecule has 20 heavy (non-hydrogen) atoms. The fraction of sp³-hybridized carbons (Fsp3) is 0.600. The van der Waals surface area contributed by atoms with Crippen LogP contribution in [-0.4, -0.2) is 31.1 Å². The maximum absolute atomic E-state index is 14.4. The van der Waals surface area contributed by atoms with Crippen LogP contribution in [0.4, 0.5) is 4.39 Å². The molecule has 0 bridgehead atoms. The molecule has 2 rings (SSSR count). The van der Waals surface area contributed by atoms with Crippen LogP contribution in [0.3, 0.4) is 0 Å². The number of rotatable bonds is 4. The third kappa shape index (κ3) is 4.42. The maximum Gasteiger partial charge on any atom is 0.142 e. The molecule has 1 fully saturated rings. The minimum atomic E-state index is -0.105. The van der Waals surface area contributed by atoms with E-state index in [-0.39, 0.29) is 24.3 Å². The predicted octanol–water partition coefficient (Wildman–Crippen LogP) is 4.00. The van der Waals surface area contributed by atoms with Crippen molar-refractivity contribution < 1.29 is 4.39 Å². The summed E-state index contributed by atoms with van der Waals surface area (Å²) in [6.07, 6.45) is 0.993. The van der Waals surface area contributed by atoms with Crippen LogP contribution in [0.15, 0.2) is 22.7 Å². The van der Waals surface area contributed by atoms with Gasteiger partial charge in [-0.05, 0) is 34.3 Å². The molecule has 0 aromatic heterocycles. The molecule has 0 spiro atoms. The van der Waals surface area contributed by atoms with Crippen molar-refractivity contribution in [1.29, 1.82) is 0 Å². The number of nitrogens with zero attached hydrogens (tertiary/aromatic N) is 1. The van der Waals surface area contributed by atoms with E-state index >= 15 is 0 Å². The van der Waals surface area contributed by atoms with E-state index in [9.17, 15) is 4.39 Å². The van der Waals surface area contributed by atoms with Crippen molar-refractivity contribution in [2.24, 2.45) is 5.92 Å². The van der Waals surface area contributed by atoms with Crippen molar-refractivity contribution in [1.82, 2.24) is 10.2 Å². The van der Waals surface area contributed by atoms with Gasteiger partial charge >= 0.3 is 0 Å². The Labute approximate surface area is 135 Å². The highest BCUT2D eigenvalue weighted by atomic mass is 79.9. The Kier molecular flexibility index (Phi) is 7.45. The molecule has 1 N–H and O–H groups in total. The molecule has 1 aromatic carbocycles. The summed E-state index contributed by atoms with van der Waals surface area (Å²) in [4.78, 5) is 2.40. The molecule has 1 saturated heterocycles. The highest BCUT2D eigenvalue weighted by Crippen LogP contribution is 2.32. The highest BCUT2D eigenvalue weighted by molar-refractivity contribution is 9.10. The zero-order valence-electron chi connectivity index (χ0n) is 12.0. The zero-order chi connectivity index (χ0) is 13.8. The molecule has 1 aliphatic rings. The second kappa shape index (κ2) is 8.32. The summed E-state index contributed by atoms with van der Waals surface area (Å²) in [6, 6.07) is 5.80. The van der Waals surface area contributed by atoms with E-state index in [1.54, 1.807) is 6.07 Å². The molecule has 0 aliphatic carbocycles. The van der Waals surface area contributed by atoms with Crippen molar-refractivity contribution >= 4 is 28.3 Å². The average molecular weight is 366 g/mol. The maximum atomic E-state index is 14.4. The summed E-state index contributed by atoms with van der Waals surface area (Å²) in [7, 11) is 0. The first kappa shape index (κ1) is 17.9. The van der Waals surface area contributed by atoms with Gasteiger partial charge in [0.2, 0.25) is 0 Å². The van der Waals surface area contributed by atoms with Gasteiger partial charge in [-0.2, -0.15) is 0 Å². The second-order valence-corrected chi connectivity index (χ2v) is 6.43. The van der Waals surface area contributed by atoms with Crippen LogP contribution in [0, 0.1) is 11.7 Å². The quantitative estimate of drug-likeness (QED) is 0.867. The topological polar surface area (TPSA) is 15.3 Å². The second-order valence-electron chi connectivity index (χ2n) is 5.57. The van der Waals surface area contributed by atoms with Gasteiger partial charge in [0.1, 0.15) is 5.82 Å². The Balaban J connectivity index is 0.00000200. The van der Waals surface area contributed by atoms with E-state index in [2.05, 4.69) is 40.0 Å². The van der Waals surface area contributed by atoms with Gasteiger partial charge in [0.05, 0.1) is 4.47 Å². The predicted molar refractivity (Wildman–Crippen MR) is 88.0 cm³/mol. The number of benzene rings is 1. The van der Waals surface area contributed by atoms with E-state index < -0.39 is 0 Å². The molecule has 0 radical (unpaired) electrons. The third-order valence-corrected chi connectivity index (χ3v) is 4.24. The smallest absolute Gasteiger partial charge is 0.142 e. The van der Waals surface area contributed by atoms with Gasteiger partial charge < -0.3 is 5.32 Å². The summed E-state index contributed by atoms with van der Waals surface area (Å²) in [6.45, 7) is 8.36. The van der Waals surface area contributed by atoms with E-state index in [0.717, 1.165) is 38.2 Å². The van der Waals surface area contributed by atoms with Crippen LogP contribution in [0.1, 0.15) is 31.9 Å². The van der Waals surface area contributed by atoms with Crippen LogP contribution in [0.5, 0.6) is 0 Å². The lowest BCUT2D eigenvalue weighted by Gasteiger charge is -2.36. The van der Waals surface area contributed by atoms with E-state index in [0.29, 0.717) is 10.4 Å².